The fourth-order valence-corrected chi connectivity index (χ4v) is 1.79. The van der Waals surface area contributed by atoms with Crippen molar-refractivity contribution in [2.24, 2.45) is 5.73 Å². The van der Waals surface area contributed by atoms with E-state index in [0.717, 1.165) is 10.2 Å². The van der Waals surface area contributed by atoms with Crippen LogP contribution >= 0.6 is 15.9 Å². The van der Waals surface area contributed by atoms with Crippen LogP contribution in [0.5, 0.6) is 0 Å². The third-order valence-corrected chi connectivity index (χ3v) is 3.40. The SMILES string of the molecule is CN(c1cc(Br)ccc1C(=N)N)C(C)(C)CO. The van der Waals surface area contributed by atoms with Gasteiger partial charge in [0.25, 0.3) is 0 Å². The number of aliphatic hydroxyl groups excluding tert-OH is 1. The molecule has 0 amide bonds. The van der Waals surface area contributed by atoms with E-state index in [4.69, 9.17) is 11.1 Å². The number of benzene rings is 1. The van der Waals surface area contributed by atoms with Gasteiger partial charge in [-0.15, -0.1) is 0 Å². The molecule has 1 rings (SSSR count). The van der Waals surface area contributed by atoms with Crippen molar-refractivity contribution < 1.29 is 5.11 Å². The van der Waals surface area contributed by atoms with Crippen molar-refractivity contribution in [3.8, 4) is 0 Å². The molecule has 4 N–H and O–H groups in total. The van der Waals surface area contributed by atoms with Crippen LogP contribution in [0.15, 0.2) is 22.7 Å². The van der Waals surface area contributed by atoms with E-state index in [9.17, 15) is 5.11 Å². The largest absolute Gasteiger partial charge is 0.394 e. The molecular formula is C12H18BrN3O. The van der Waals surface area contributed by atoms with Gasteiger partial charge in [-0.3, -0.25) is 5.41 Å². The average molecular weight is 300 g/mol. The molecule has 0 unspecified atom stereocenters. The molecule has 0 fully saturated rings. The highest BCUT2D eigenvalue weighted by atomic mass is 79.9. The van der Waals surface area contributed by atoms with E-state index in [1.807, 2.05) is 37.9 Å². The summed E-state index contributed by atoms with van der Waals surface area (Å²) in [6.45, 7) is 3.88. The van der Waals surface area contributed by atoms with Gasteiger partial charge < -0.3 is 15.7 Å². The second-order valence-electron chi connectivity index (χ2n) is 4.60. The summed E-state index contributed by atoms with van der Waals surface area (Å²) in [6, 6.07) is 5.54. The fourth-order valence-electron chi connectivity index (χ4n) is 1.44. The van der Waals surface area contributed by atoms with Crippen LogP contribution in [0, 0.1) is 5.41 Å². The Hall–Kier alpha value is -1.07. The number of likely N-dealkylation sites (N-methyl/N-ethyl adjacent to an activating group) is 1. The Kier molecular flexibility index (Phi) is 4.16. The number of amidine groups is 1. The molecule has 1 aromatic carbocycles. The Morgan fingerprint density at radius 2 is 2.12 bits per heavy atom. The van der Waals surface area contributed by atoms with Crippen LogP contribution in [-0.2, 0) is 0 Å². The minimum Gasteiger partial charge on any atom is -0.394 e. The molecule has 1 aromatic rings. The van der Waals surface area contributed by atoms with E-state index < -0.39 is 5.54 Å². The number of nitrogens with two attached hydrogens (primary N) is 1. The molecule has 0 spiro atoms. The van der Waals surface area contributed by atoms with Gasteiger partial charge in [0.15, 0.2) is 0 Å². The number of nitrogens with one attached hydrogen (secondary N) is 1. The van der Waals surface area contributed by atoms with E-state index in [1.165, 1.54) is 0 Å². The molecule has 0 aliphatic carbocycles. The van der Waals surface area contributed by atoms with Gasteiger partial charge in [-0.25, -0.2) is 0 Å². The van der Waals surface area contributed by atoms with E-state index >= 15 is 0 Å². The van der Waals surface area contributed by atoms with Gasteiger partial charge in [-0.05, 0) is 32.0 Å². The maximum atomic E-state index is 9.39. The van der Waals surface area contributed by atoms with Crippen molar-refractivity contribution in [3.05, 3.63) is 28.2 Å². The van der Waals surface area contributed by atoms with Crippen LogP contribution in [0.4, 0.5) is 5.69 Å². The van der Waals surface area contributed by atoms with E-state index in [2.05, 4.69) is 15.9 Å². The Morgan fingerprint density at radius 1 is 1.53 bits per heavy atom. The lowest BCUT2D eigenvalue weighted by Gasteiger charge is -2.37. The Labute approximate surface area is 110 Å². The molecule has 0 aromatic heterocycles. The molecule has 0 aliphatic rings. The number of nitrogens with zero attached hydrogens (tertiary/aromatic N) is 1. The lowest BCUT2D eigenvalue weighted by molar-refractivity contribution is 0.216. The second kappa shape index (κ2) is 5.06. The minimum absolute atomic E-state index is 0.0212. The topological polar surface area (TPSA) is 73.3 Å². The molecule has 17 heavy (non-hydrogen) atoms. The maximum Gasteiger partial charge on any atom is 0.124 e. The monoisotopic (exact) mass is 299 g/mol. The highest BCUT2D eigenvalue weighted by Crippen LogP contribution is 2.28. The quantitative estimate of drug-likeness (QED) is 0.588. The summed E-state index contributed by atoms with van der Waals surface area (Å²) in [5.41, 5.74) is 6.64. The number of hydrogen-bond acceptors (Lipinski definition) is 3. The van der Waals surface area contributed by atoms with Gasteiger partial charge in [0, 0.05) is 22.8 Å². The van der Waals surface area contributed by atoms with Crippen molar-refractivity contribution in [2.45, 2.75) is 19.4 Å². The van der Waals surface area contributed by atoms with Crippen molar-refractivity contribution in [3.63, 3.8) is 0 Å². The standard InChI is InChI=1S/C12H18BrN3O/c1-12(2,7-17)16(3)10-6-8(13)4-5-9(10)11(14)15/h4-6,17H,7H2,1-3H3,(H3,14,15). The van der Waals surface area contributed by atoms with Gasteiger partial charge in [0.2, 0.25) is 0 Å². The summed E-state index contributed by atoms with van der Waals surface area (Å²) in [5.74, 6) is 0.0214. The zero-order valence-electron chi connectivity index (χ0n) is 10.3. The zero-order chi connectivity index (χ0) is 13.2. The first-order valence-corrected chi connectivity index (χ1v) is 6.07. The molecule has 4 nitrogen and oxygen atoms in total. The molecule has 0 aliphatic heterocycles. The molecular weight excluding hydrogens is 282 g/mol. The number of aliphatic hydroxyl groups is 1. The summed E-state index contributed by atoms with van der Waals surface area (Å²) in [7, 11) is 1.88. The maximum absolute atomic E-state index is 9.39. The third-order valence-electron chi connectivity index (χ3n) is 2.91. The molecule has 5 heteroatoms. The Bertz CT molecular complexity index is 432. The van der Waals surface area contributed by atoms with E-state index in [1.54, 1.807) is 6.07 Å². The van der Waals surface area contributed by atoms with Gasteiger partial charge in [0.05, 0.1) is 12.1 Å². The predicted octanol–water partition coefficient (Wildman–Crippen LogP) is 1.94. The summed E-state index contributed by atoms with van der Waals surface area (Å²) in [4.78, 5) is 1.93. The predicted molar refractivity (Wildman–Crippen MR) is 74.7 cm³/mol. The van der Waals surface area contributed by atoms with Gasteiger partial charge >= 0.3 is 0 Å². The van der Waals surface area contributed by atoms with Crippen molar-refractivity contribution in [1.82, 2.24) is 0 Å². The van der Waals surface area contributed by atoms with Gasteiger partial charge in [-0.2, -0.15) is 0 Å². The van der Waals surface area contributed by atoms with Gasteiger partial charge in [0.1, 0.15) is 5.84 Å². The molecule has 0 saturated carbocycles. The first kappa shape index (κ1) is 14.0. The van der Waals surface area contributed by atoms with Crippen LogP contribution in [-0.4, -0.2) is 30.1 Å². The Balaban J connectivity index is 3.29. The lowest BCUT2D eigenvalue weighted by atomic mass is 10.0. The second-order valence-corrected chi connectivity index (χ2v) is 5.52. The smallest absolute Gasteiger partial charge is 0.124 e. The molecule has 0 radical (unpaired) electrons. The van der Waals surface area contributed by atoms with Crippen molar-refractivity contribution in [2.75, 3.05) is 18.6 Å². The van der Waals surface area contributed by atoms with Crippen molar-refractivity contribution >= 4 is 27.5 Å². The number of hydrogen-bond donors (Lipinski definition) is 3. The molecule has 0 atom stereocenters. The molecule has 0 heterocycles. The van der Waals surface area contributed by atoms with E-state index in [-0.39, 0.29) is 12.4 Å². The molecule has 0 saturated heterocycles. The lowest BCUT2D eigenvalue weighted by Crippen LogP contribution is -2.45. The van der Waals surface area contributed by atoms with Crippen LogP contribution < -0.4 is 10.6 Å². The fraction of sp³-hybridized carbons (Fsp3) is 0.417. The zero-order valence-corrected chi connectivity index (χ0v) is 11.9. The summed E-state index contributed by atoms with van der Waals surface area (Å²) in [6.07, 6.45) is 0. The normalized spacial score (nSPS) is 11.4. The van der Waals surface area contributed by atoms with Crippen LogP contribution in [0.1, 0.15) is 19.4 Å². The van der Waals surface area contributed by atoms with Crippen LogP contribution in [0.2, 0.25) is 0 Å². The van der Waals surface area contributed by atoms with Crippen LogP contribution in [0.3, 0.4) is 0 Å². The van der Waals surface area contributed by atoms with E-state index in [0.29, 0.717) is 5.56 Å². The average Bonchev–Trinajstić information content (AvgIpc) is 2.27. The molecule has 0 bridgehead atoms. The van der Waals surface area contributed by atoms with Crippen molar-refractivity contribution in [1.29, 1.82) is 5.41 Å². The molecule has 94 valence electrons. The van der Waals surface area contributed by atoms with Gasteiger partial charge in [-0.1, -0.05) is 15.9 Å². The minimum atomic E-state index is -0.412. The highest BCUT2D eigenvalue weighted by Gasteiger charge is 2.25. The number of halogens is 1. The van der Waals surface area contributed by atoms with Crippen LogP contribution in [0.25, 0.3) is 0 Å². The Morgan fingerprint density at radius 3 is 2.59 bits per heavy atom. The summed E-state index contributed by atoms with van der Waals surface area (Å²) < 4.78 is 0.915. The number of nitrogen functional groups attached to an aromatic ring is 1. The number of rotatable bonds is 4. The third kappa shape index (κ3) is 2.98. The summed E-state index contributed by atoms with van der Waals surface area (Å²) in [5, 5.41) is 17.0. The summed E-state index contributed by atoms with van der Waals surface area (Å²) >= 11 is 3.40. The number of anilines is 1. The first-order valence-electron chi connectivity index (χ1n) is 5.28. The first-order chi connectivity index (χ1) is 7.79. The highest BCUT2D eigenvalue weighted by molar-refractivity contribution is 9.10.